The summed E-state index contributed by atoms with van der Waals surface area (Å²) in [7, 11) is 0. The lowest BCUT2D eigenvalue weighted by atomic mass is 9.96. The minimum Gasteiger partial charge on any atom is -0.444 e. The molecule has 1 aromatic heterocycles. The van der Waals surface area contributed by atoms with Crippen molar-refractivity contribution in [1.82, 2.24) is 9.80 Å². The number of carbonyl (C=O) groups excluding carboxylic acids is 2. The van der Waals surface area contributed by atoms with Crippen molar-refractivity contribution in [2.75, 3.05) is 19.6 Å². The fraction of sp³-hybridized carbons (Fsp3) is 0.684. The van der Waals surface area contributed by atoms with Crippen molar-refractivity contribution in [2.45, 2.75) is 59.1 Å². The Morgan fingerprint density at radius 1 is 1.40 bits per heavy atom. The van der Waals surface area contributed by atoms with Gasteiger partial charge in [-0.05, 0) is 64.8 Å². The molecule has 1 aromatic rings. The number of likely N-dealkylation sites (tertiary alicyclic amines) is 1. The van der Waals surface area contributed by atoms with E-state index in [9.17, 15) is 9.59 Å². The Morgan fingerprint density at radius 3 is 2.68 bits per heavy atom. The maximum absolute atomic E-state index is 12.6. The van der Waals surface area contributed by atoms with E-state index in [0.717, 1.165) is 24.9 Å². The normalized spacial score (nSPS) is 18.3. The number of nitrogens with zero attached hydrogens (tertiary/aromatic N) is 2. The number of hydrogen-bond donors (Lipinski definition) is 0. The van der Waals surface area contributed by atoms with Crippen molar-refractivity contribution < 1.29 is 14.3 Å². The number of ether oxygens (including phenoxy) is 1. The number of carbonyl (C=O) groups is 2. The molecule has 0 spiro atoms. The fourth-order valence-electron chi connectivity index (χ4n) is 3.06. The van der Waals surface area contributed by atoms with E-state index in [-0.39, 0.29) is 24.0 Å². The lowest BCUT2D eigenvalue weighted by Gasteiger charge is -2.37. The van der Waals surface area contributed by atoms with Gasteiger partial charge in [0.2, 0.25) is 0 Å². The molecule has 1 unspecified atom stereocenters. The first-order chi connectivity index (χ1) is 11.7. The summed E-state index contributed by atoms with van der Waals surface area (Å²) in [5, 5.41) is 3.82. The van der Waals surface area contributed by atoms with Crippen molar-refractivity contribution in [2.24, 2.45) is 5.92 Å². The Kier molecular flexibility index (Phi) is 6.49. The molecule has 0 N–H and O–H groups in total. The van der Waals surface area contributed by atoms with Gasteiger partial charge in [0.15, 0.2) is 0 Å². The van der Waals surface area contributed by atoms with Crippen LogP contribution in [0.15, 0.2) is 16.8 Å². The van der Waals surface area contributed by atoms with Crippen molar-refractivity contribution in [3.8, 4) is 0 Å². The van der Waals surface area contributed by atoms with Crippen LogP contribution in [0.1, 0.15) is 57.8 Å². The van der Waals surface area contributed by atoms with Gasteiger partial charge >= 0.3 is 6.09 Å². The molecule has 1 atom stereocenters. The monoisotopic (exact) mass is 366 g/mol. The smallest absolute Gasteiger partial charge is 0.410 e. The molecule has 1 fully saturated rings. The highest BCUT2D eigenvalue weighted by Crippen LogP contribution is 2.22. The van der Waals surface area contributed by atoms with Gasteiger partial charge in [-0.1, -0.05) is 0 Å². The molecule has 5 nitrogen and oxygen atoms in total. The van der Waals surface area contributed by atoms with Crippen molar-refractivity contribution >= 4 is 23.3 Å². The molecular formula is C19H30N2O3S. The molecule has 140 valence electrons. The van der Waals surface area contributed by atoms with Crippen molar-refractivity contribution in [3.63, 3.8) is 0 Å². The van der Waals surface area contributed by atoms with Crippen LogP contribution >= 0.6 is 11.3 Å². The molecule has 0 saturated carbocycles. The van der Waals surface area contributed by atoms with Gasteiger partial charge < -0.3 is 14.5 Å². The van der Waals surface area contributed by atoms with Crippen LogP contribution in [0.3, 0.4) is 0 Å². The second-order valence-electron chi connectivity index (χ2n) is 8.00. The molecule has 2 heterocycles. The minimum absolute atomic E-state index is 0.0674. The first-order valence-corrected chi connectivity index (χ1v) is 9.92. The average molecular weight is 367 g/mol. The second-order valence-corrected chi connectivity index (χ2v) is 8.78. The molecule has 1 saturated heterocycles. The maximum Gasteiger partial charge on any atom is 0.410 e. The zero-order valence-electron chi connectivity index (χ0n) is 15.9. The van der Waals surface area contributed by atoms with Crippen LogP contribution in [0, 0.1) is 5.92 Å². The highest BCUT2D eigenvalue weighted by atomic mass is 32.1. The zero-order chi connectivity index (χ0) is 18.6. The molecular weight excluding hydrogens is 336 g/mol. The molecule has 1 aliphatic heterocycles. The van der Waals surface area contributed by atoms with Crippen LogP contribution in [0.2, 0.25) is 0 Å². The Labute approximate surface area is 154 Å². The lowest BCUT2D eigenvalue weighted by molar-refractivity contribution is 0.0124. The van der Waals surface area contributed by atoms with Crippen LogP contribution in [-0.2, 0) is 4.74 Å². The molecule has 0 bridgehead atoms. The van der Waals surface area contributed by atoms with Crippen molar-refractivity contribution in [1.29, 1.82) is 0 Å². The Bertz CT molecular complexity index is 578. The molecule has 1 aliphatic rings. The van der Waals surface area contributed by atoms with E-state index in [1.54, 1.807) is 4.90 Å². The highest BCUT2D eigenvalue weighted by molar-refractivity contribution is 7.08. The summed E-state index contributed by atoms with van der Waals surface area (Å²) in [5.74, 6) is 0.380. The molecule has 2 rings (SSSR count). The quantitative estimate of drug-likeness (QED) is 0.800. The Hall–Kier alpha value is -1.56. The van der Waals surface area contributed by atoms with Crippen molar-refractivity contribution in [3.05, 3.63) is 22.4 Å². The van der Waals surface area contributed by atoms with Gasteiger partial charge in [-0.2, -0.15) is 11.3 Å². The fourth-order valence-corrected chi connectivity index (χ4v) is 3.69. The number of piperidine rings is 1. The van der Waals surface area contributed by atoms with Gasteiger partial charge in [0, 0.05) is 31.1 Å². The van der Waals surface area contributed by atoms with Crippen LogP contribution in [-0.4, -0.2) is 53.1 Å². The van der Waals surface area contributed by atoms with Crippen LogP contribution in [0.5, 0.6) is 0 Å². The van der Waals surface area contributed by atoms with E-state index in [0.29, 0.717) is 13.1 Å². The summed E-state index contributed by atoms with van der Waals surface area (Å²) in [4.78, 5) is 28.8. The van der Waals surface area contributed by atoms with E-state index in [1.165, 1.54) is 11.3 Å². The SMILES string of the molecule is CC(C)N(CC1CCCN(C(=O)c2ccsc2)C1)C(=O)OC(C)(C)C. The minimum atomic E-state index is -0.502. The third kappa shape index (κ3) is 5.73. The standard InChI is InChI=1S/C19H30N2O3S/c1-14(2)21(18(23)24-19(3,4)5)12-15-7-6-9-20(11-15)17(22)16-8-10-25-13-16/h8,10,13-15H,6-7,9,11-12H2,1-5H3. The second kappa shape index (κ2) is 8.21. The Morgan fingerprint density at radius 2 is 2.12 bits per heavy atom. The van der Waals surface area contributed by atoms with E-state index in [1.807, 2.05) is 56.3 Å². The summed E-state index contributed by atoms with van der Waals surface area (Å²) in [6.07, 6.45) is 1.73. The molecule has 2 amide bonds. The summed E-state index contributed by atoms with van der Waals surface area (Å²) in [6.45, 7) is 11.8. The Balaban J connectivity index is 1.99. The van der Waals surface area contributed by atoms with Crippen LogP contribution in [0.25, 0.3) is 0 Å². The summed E-state index contributed by atoms with van der Waals surface area (Å²) >= 11 is 1.54. The number of rotatable bonds is 4. The van der Waals surface area contributed by atoms with Gasteiger partial charge in [0.1, 0.15) is 5.60 Å². The third-order valence-electron chi connectivity index (χ3n) is 4.28. The zero-order valence-corrected chi connectivity index (χ0v) is 16.8. The van der Waals surface area contributed by atoms with Crippen LogP contribution in [0.4, 0.5) is 4.79 Å². The van der Waals surface area contributed by atoms with E-state index >= 15 is 0 Å². The molecule has 0 aliphatic carbocycles. The van der Waals surface area contributed by atoms with E-state index in [4.69, 9.17) is 4.74 Å². The number of thiophene rings is 1. The van der Waals surface area contributed by atoms with E-state index < -0.39 is 5.60 Å². The number of amides is 2. The largest absolute Gasteiger partial charge is 0.444 e. The van der Waals surface area contributed by atoms with E-state index in [2.05, 4.69) is 0 Å². The maximum atomic E-state index is 12.6. The highest BCUT2D eigenvalue weighted by Gasteiger charge is 2.30. The molecule has 0 aromatic carbocycles. The van der Waals surface area contributed by atoms with Gasteiger partial charge in [-0.25, -0.2) is 4.79 Å². The van der Waals surface area contributed by atoms with Gasteiger partial charge in [0.25, 0.3) is 5.91 Å². The summed E-state index contributed by atoms with van der Waals surface area (Å²) in [5.41, 5.74) is 0.260. The number of hydrogen-bond acceptors (Lipinski definition) is 4. The first-order valence-electron chi connectivity index (χ1n) is 8.98. The lowest BCUT2D eigenvalue weighted by Crippen LogP contribution is -2.48. The third-order valence-corrected chi connectivity index (χ3v) is 4.96. The average Bonchev–Trinajstić information content (AvgIpc) is 3.04. The topological polar surface area (TPSA) is 49.9 Å². The predicted octanol–water partition coefficient (Wildman–Crippen LogP) is 4.25. The molecule has 0 radical (unpaired) electrons. The molecule has 25 heavy (non-hydrogen) atoms. The predicted molar refractivity (Wildman–Crippen MR) is 101 cm³/mol. The van der Waals surface area contributed by atoms with Gasteiger partial charge in [0.05, 0.1) is 5.56 Å². The summed E-state index contributed by atoms with van der Waals surface area (Å²) < 4.78 is 5.54. The molecule has 6 heteroatoms. The van der Waals surface area contributed by atoms with Gasteiger partial charge in [-0.15, -0.1) is 0 Å². The first kappa shape index (κ1) is 19.8. The van der Waals surface area contributed by atoms with Crippen LogP contribution < -0.4 is 0 Å². The summed E-state index contributed by atoms with van der Waals surface area (Å²) in [6, 6.07) is 1.94. The van der Waals surface area contributed by atoms with Gasteiger partial charge in [-0.3, -0.25) is 4.79 Å².